The van der Waals surface area contributed by atoms with Crippen LogP contribution in [0.4, 0.5) is 0 Å². The van der Waals surface area contributed by atoms with E-state index >= 15 is 0 Å². The van der Waals surface area contributed by atoms with Crippen LogP contribution in [0.3, 0.4) is 0 Å². The quantitative estimate of drug-likeness (QED) is 0.828. The second-order valence-electron chi connectivity index (χ2n) is 4.68. The van der Waals surface area contributed by atoms with Crippen molar-refractivity contribution in [3.63, 3.8) is 0 Å². The van der Waals surface area contributed by atoms with Crippen LogP contribution in [0, 0.1) is 0 Å². The van der Waals surface area contributed by atoms with E-state index in [1.807, 2.05) is 11.3 Å². The Balaban J connectivity index is 1.92. The number of rotatable bonds is 5. The molecule has 0 bridgehead atoms. The van der Waals surface area contributed by atoms with Gasteiger partial charge in [-0.25, -0.2) is 0 Å². The molecular formula is C13H21NOS. The zero-order chi connectivity index (χ0) is 11.4. The van der Waals surface area contributed by atoms with Crippen LogP contribution in [0.2, 0.25) is 0 Å². The summed E-state index contributed by atoms with van der Waals surface area (Å²) < 4.78 is 0. The summed E-state index contributed by atoms with van der Waals surface area (Å²) in [5, 5.41) is 14.7. The lowest BCUT2D eigenvalue weighted by Crippen LogP contribution is -2.32. The van der Waals surface area contributed by atoms with E-state index in [1.54, 1.807) is 4.88 Å². The van der Waals surface area contributed by atoms with E-state index in [9.17, 15) is 0 Å². The van der Waals surface area contributed by atoms with E-state index in [4.69, 9.17) is 5.11 Å². The molecule has 0 saturated heterocycles. The van der Waals surface area contributed by atoms with Crippen LogP contribution in [0.15, 0.2) is 11.4 Å². The lowest BCUT2D eigenvalue weighted by Gasteiger charge is -2.27. The molecule has 1 aliphatic rings. The van der Waals surface area contributed by atoms with E-state index in [0.29, 0.717) is 18.7 Å². The highest BCUT2D eigenvalue weighted by Crippen LogP contribution is 2.33. The summed E-state index contributed by atoms with van der Waals surface area (Å²) in [6, 6.07) is 3.32. The second-order valence-corrected chi connectivity index (χ2v) is 5.68. The van der Waals surface area contributed by atoms with Gasteiger partial charge in [-0.2, -0.15) is 0 Å². The third kappa shape index (κ3) is 2.84. The lowest BCUT2D eigenvalue weighted by atomic mass is 9.93. The summed E-state index contributed by atoms with van der Waals surface area (Å²) in [6.45, 7) is 2.52. The lowest BCUT2D eigenvalue weighted by molar-refractivity contribution is 0.272. The number of aryl methyl sites for hydroxylation is 1. The maximum Gasteiger partial charge on any atom is 0.0431 e. The van der Waals surface area contributed by atoms with Gasteiger partial charge in [0.1, 0.15) is 0 Å². The van der Waals surface area contributed by atoms with Crippen LogP contribution >= 0.6 is 11.3 Å². The van der Waals surface area contributed by atoms with Crippen molar-refractivity contribution in [2.45, 2.75) is 51.1 Å². The van der Waals surface area contributed by atoms with Gasteiger partial charge in [-0.3, -0.25) is 0 Å². The van der Waals surface area contributed by atoms with Gasteiger partial charge in [0.2, 0.25) is 0 Å². The molecule has 1 aliphatic carbocycles. The Bertz CT molecular complexity index is 323. The molecule has 2 atom stereocenters. The topological polar surface area (TPSA) is 32.3 Å². The molecule has 0 aromatic carbocycles. The predicted molar refractivity (Wildman–Crippen MR) is 68.9 cm³/mol. The van der Waals surface area contributed by atoms with Gasteiger partial charge in [-0.15, -0.1) is 11.3 Å². The largest absolute Gasteiger partial charge is 0.396 e. The number of hydrogen-bond acceptors (Lipinski definition) is 3. The fraction of sp³-hybridized carbons (Fsp3) is 0.692. The van der Waals surface area contributed by atoms with E-state index in [0.717, 1.165) is 12.8 Å². The Morgan fingerprint density at radius 2 is 2.50 bits per heavy atom. The van der Waals surface area contributed by atoms with Crippen LogP contribution in [-0.4, -0.2) is 17.8 Å². The van der Waals surface area contributed by atoms with Crippen molar-refractivity contribution in [2.75, 3.05) is 6.61 Å². The van der Waals surface area contributed by atoms with Gasteiger partial charge < -0.3 is 10.4 Å². The van der Waals surface area contributed by atoms with Crippen molar-refractivity contribution >= 4 is 11.3 Å². The first kappa shape index (κ1) is 12.1. The molecule has 1 aromatic heterocycles. The van der Waals surface area contributed by atoms with Crippen molar-refractivity contribution in [1.29, 1.82) is 0 Å². The summed E-state index contributed by atoms with van der Waals surface area (Å²) in [5.74, 6) is 0. The summed E-state index contributed by atoms with van der Waals surface area (Å²) in [6.07, 6.45) is 5.78. The van der Waals surface area contributed by atoms with Crippen LogP contribution < -0.4 is 5.32 Å². The summed E-state index contributed by atoms with van der Waals surface area (Å²) in [7, 11) is 0. The van der Waals surface area contributed by atoms with Crippen molar-refractivity contribution in [3.05, 3.63) is 21.9 Å². The highest BCUT2D eigenvalue weighted by molar-refractivity contribution is 7.10. The molecule has 1 aromatic rings. The zero-order valence-corrected chi connectivity index (χ0v) is 10.7. The number of fused-ring (bicyclic) bond motifs is 1. The number of thiophene rings is 1. The van der Waals surface area contributed by atoms with Gasteiger partial charge in [-0.05, 0) is 56.0 Å². The van der Waals surface area contributed by atoms with Crippen LogP contribution in [0.1, 0.15) is 49.1 Å². The molecule has 0 aliphatic heterocycles. The normalized spacial score (nSPS) is 21.8. The summed E-state index contributed by atoms with van der Waals surface area (Å²) >= 11 is 1.89. The number of hydrogen-bond donors (Lipinski definition) is 2. The van der Waals surface area contributed by atoms with Gasteiger partial charge in [0.05, 0.1) is 0 Å². The first-order valence-electron chi connectivity index (χ1n) is 6.24. The Labute approximate surface area is 102 Å². The third-order valence-corrected chi connectivity index (χ3v) is 4.33. The van der Waals surface area contributed by atoms with Gasteiger partial charge in [0, 0.05) is 23.6 Å². The fourth-order valence-corrected chi connectivity index (χ4v) is 3.47. The van der Waals surface area contributed by atoms with E-state index in [1.165, 1.54) is 24.8 Å². The average Bonchev–Trinajstić information content (AvgIpc) is 2.75. The Morgan fingerprint density at radius 1 is 1.62 bits per heavy atom. The number of aliphatic hydroxyl groups is 1. The molecule has 16 heavy (non-hydrogen) atoms. The Morgan fingerprint density at radius 3 is 3.31 bits per heavy atom. The van der Waals surface area contributed by atoms with Gasteiger partial charge in [0.15, 0.2) is 0 Å². The van der Waals surface area contributed by atoms with E-state index in [2.05, 4.69) is 23.7 Å². The number of nitrogens with one attached hydrogen (secondary N) is 1. The molecule has 2 N–H and O–H groups in total. The Hall–Kier alpha value is -0.380. The first-order valence-corrected chi connectivity index (χ1v) is 7.12. The molecule has 0 fully saturated rings. The SMILES string of the molecule is CC(CCCO)NC1CCCc2sccc21. The monoisotopic (exact) mass is 239 g/mol. The van der Waals surface area contributed by atoms with Crippen molar-refractivity contribution < 1.29 is 5.11 Å². The number of aliphatic hydroxyl groups excluding tert-OH is 1. The summed E-state index contributed by atoms with van der Waals surface area (Å²) in [5.41, 5.74) is 1.52. The van der Waals surface area contributed by atoms with Crippen LogP contribution in [0.25, 0.3) is 0 Å². The van der Waals surface area contributed by atoms with Crippen LogP contribution in [0.5, 0.6) is 0 Å². The van der Waals surface area contributed by atoms with E-state index in [-0.39, 0.29) is 0 Å². The summed E-state index contributed by atoms with van der Waals surface area (Å²) in [4.78, 5) is 1.57. The molecule has 0 saturated carbocycles. The van der Waals surface area contributed by atoms with E-state index < -0.39 is 0 Å². The van der Waals surface area contributed by atoms with Crippen molar-refractivity contribution in [1.82, 2.24) is 5.32 Å². The van der Waals surface area contributed by atoms with Crippen LogP contribution in [-0.2, 0) is 6.42 Å². The molecule has 0 radical (unpaired) electrons. The first-order chi connectivity index (χ1) is 7.81. The molecular weight excluding hydrogens is 218 g/mol. The van der Waals surface area contributed by atoms with Gasteiger partial charge >= 0.3 is 0 Å². The molecule has 2 nitrogen and oxygen atoms in total. The minimum absolute atomic E-state index is 0.306. The molecule has 0 amide bonds. The average molecular weight is 239 g/mol. The highest BCUT2D eigenvalue weighted by atomic mass is 32.1. The Kier molecular flexibility index (Phi) is 4.38. The molecule has 0 spiro atoms. The molecule has 2 rings (SSSR count). The molecule has 90 valence electrons. The third-order valence-electron chi connectivity index (χ3n) is 3.33. The maximum absolute atomic E-state index is 8.82. The smallest absolute Gasteiger partial charge is 0.0431 e. The molecule has 2 unspecified atom stereocenters. The highest BCUT2D eigenvalue weighted by Gasteiger charge is 2.21. The standard InChI is InChI=1S/C13H21NOS/c1-10(4-3-8-15)14-12-5-2-6-13-11(12)7-9-16-13/h7,9-10,12,14-15H,2-6,8H2,1H3. The molecule has 3 heteroatoms. The molecule has 1 heterocycles. The zero-order valence-electron chi connectivity index (χ0n) is 9.91. The predicted octanol–water partition coefficient (Wildman–Crippen LogP) is 2.88. The minimum Gasteiger partial charge on any atom is -0.396 e. The maximum atomic E-state index is 8.82. The van der Waals surface area contributed by atoms with Crippen molar-refractivity contribution in [2.24, 2.45) is 0 Å². The fourth-order valence-electron chi connectivity index (χ4n) is 2.48. The van der Waals surface area contributed by atoms with Gasteiger partial charge in [0.25, 0.3) is 0 Å². The second kappa shape index (κ2) is 5.80. The minimum atomic E-state index is 0.306. The van der Waals surface area contributed by atoms with Crippen molar-refractivity contribution in [3.8, 4) is 0 Å². The van der Waals surface area contributed by atoms with Gasteiger partial charge in [-0.1, -0.05) is 0 Å².